The number of nitrogens with zero attached hydrogens (tertiary/aromatic N) is 2. The molecule has 184 valence electrons. The number of aryl methyl sites for hydroxylation is 3. The number of carboxylic acids is 1. The Balaban J connectivity index is 1.98. The van der Waals surface area contributed by atoms with E-state index in [2.05, 4.69) is 5.32 Å². The molecular weight excluding hydrogens is 442 g/mol. The number of hydrogen-bond acceptors (Lipinski definition) is 4. The van der Waals surface area contributed by atoms with Crippen LogP contribution in [0.5, 0.6) is 0 Å². The van der Waals surface area contributed by atoms with Crippen molar-refractivity contribution in [3.63, 3.8) is 0 Å². The first-order valence-electron chi connectivity index (χ1n) is 11.8. The second kappa shape index (κ2) is 11.1. The number of carboxylic acid groups (broad SMARTS) is 1. The quantitative estimate of drug-likeness (QED) is 0.465. The molecule has 2 aromatic heterocycles. The molecule has 2 N–H and O–H groups in total. The minimum absolute atomic E-state index is 0.141. The Morgan fingerprint density at radius 3 is 2.29 bits per heavy atom. The third-order valence-electron chi connectivity index (χ3n) is 6.00. The predicted octanol–water partition coefficient (Wildman–Crippen LogP) is 4.75. The molecule has 7 heteroatoms. The highest BCUT2D eigenvalue weighted by Crippen LogP contribution is 2.28. The largest absolute Gasteiger partial charge is 0.481 e. The molecule has 7 nitrogen and oxygen atoms in total. The van der Waals surface area contributed by atoms with Crippen molar-refractivity contribution in [2.24, 2.45) is 5.92 Å². The van der Waals surface area contributed by atoms with E-state index >= 15 is 0 Å². The fourth-order valence-corrected chi connectivity index (χ4v) is 4.32. The number of rotatable bonds is 9. The molecule has 0 radical (unpaired) electrons. The van der Waals surface area contributed by atoms with Gasteiger partial charge in [0, 0.05) is 17.8 Å². The lowest BCUT2D eigenvalue weighted by Gasteiger charge is -2.25. The van der Waals surface area contributed by atoms with Gasteiger partial charge in [-0.05, 0) is 68.0 Å². The fraction of sp³-hybridized carbons (Fsp3) is 0.357. The average Bonchev–Trinajstić information content (AvgIpc) is 2.77. The Morgan fingerprint density at radius 2 is 1.69 bits per heavy atom. The van der Waals surface area contributed by atoms with Crippen LogP contribution in [0.3, 0.4) is 0 Å². The van der Waals surface area contributed by atoms with Crippen molar-refractivity contribution in [2.45, 2.75) is 59.5 Å². The molecule has 0 aliphatic heterocycles. The molecule has 1 aromatic carbocycles. The van der Waals surface area contributed by atoms with Crippen LogP contribution >= 0.6 is 0 Å². The number of carbonyl (C=O) groups excluding carboxylic acids is 1. The first-order valence-corrected chi connectivity index (χ1v) is 11.8. The minimum atomic E-state index is -1.05. The van der Waals surface area contributed by atoms with Crippen LogP contribution in [0.2, 0.25) is 0 Å². The van der Waals surface area contributed by atoms with Gasteiger partial charge < -0.3 is 15.0 Å². The first-order chi connectivity index (χ1) is 16.6. The van der Waals surface area contributed by atoms with Crippen LogP contribution in [0.25, 0.3) is 11.3 Å². The van der Waals surface area contributed by atoms with Gasteiger partial charge in [0.15, 0.2) is 0 Å². The summed E-state index contributed by atoms with van der Waals surface area (Å²) in [6.07, 6.45) is 1.73. The summed E-state index contributed by atoms with van der Waals surface area (Å²) < 4.78 is 1.42. The van der Waals surface area contributed by atoms with Gasteiger partial charge in [0.2, 0.25) is 5.91 Å². The summed E-state index contributed by atoms with van der Waals surface area (Å²) in [4.78, 5) is 42.5. The topological polar surface area (TPSA) is 101 Å². The zero-order valence-electron chi connectivity index (χ0n) is 20.9. The fourth-order valence-electron chi connectivity index (χ4n) is 4.32. The Bertz CT molecular complexity index is 1260. The summed E-state index contributed by atoms with van der Waals surface area (Å²) in [5.41, 5.74) is 4.82. The zero-order chi connectivity index (χ0) is 25.7. The van der Waals surface area contributed by atoms with Crippen LogP contribution < -0.4 is 10.9 Å². The van der Waals surface area contributed by atoms with Gasteiger partial charge in [-0.3, -0.25) is 19.4 Å². The molecule has 3 rings (SSSR count). The highest BCUT2D eigenvalue weighted by molar-refractivity contribution is 5.81. The molecule has 3 aromatic rings. The third kappa shape index (κ3) is 6.44. The standard InChI is InChI=1S/C28H33N3O4/c1-17(2)14-24(31-13-12-18(3)15-25(31)32)28(35)30-23(16-26(33)34)21-10-7-11-22(29-21)27-19(4)8-6-9-20(27)5/h6-13,15,17,23-24H,14,16H2,1-5H3,(H,30,35)(H,33,34)/t23-,24+/m1/s1. The van der Waals surface area contributed by atoms with Crippen LogP contribution in [-0.2, 0) is 9.59 Å². The minimum Gasteiger partial charge on any atom is -0.481 e. The van der Waals surface area contributed by atoms with E-state index in [1.807, 2.05) is 65.0 Å². The van der Waals surface area contributed by atoms with E-state index < -0.39 is 24.0 Å². The number of aliphatic carboxylic acids is 1. The first kappa shape index (κ1) is 25.9. The number of nitrogens with one attached hydrogen (secondary N) is 1. The summed E-state index contributed by atoms with van der Waals surface area (Å²) in [5.74, 6) is -1.32. The molecule has 0 fully saturated rings. The molecule has 0 bridgehead atoms. The summed E-state index contributed by atoms with van der Waals surface area (Å²) >= 11 is 0. The predicted molar refractivity (Wildman–Crippen MR) is 136 cm³/mol. The molecule has 0 saturated heterocycles. The lowest BCUT2D eigenvalue weighted by atomic mass is 9.98. The molecule has 0 aliphatic carbocycles. The lowest BCUT2D eigenvalue weighted by molar-refractivity contribution is -0.138. The number of benzene rings is 1. The van der Waals surface area contributed by atoms with Gasteiger partial charge in [-0.1, -0.05) is 38.1 Å². The number of carbonyl (C=O) groups is 2. The van der Waals surface area contributed by atoms with E-state index in [1.165, 1.54) is 10.6 Å². The number of hydrogen-bond donors (Lipinski definition) is 2. The molecule has 0 saturated carbocycles. The highest BCUT2D eigenvalue weighted by atomic mass is 16.4. The Hall–Kier alpha value is -3.74. The SMILES string of the molecule is Cc1ccn([C@@H](CC(C)C)C(=O)N[C@H](CC(=O)O)c2cccc(-c3c(C)cccc3C)n2)c(=O)c1. The van der Waals surface area contributed by atoms with E-state index in [-0.39, 0.29) is 17.9 Å². The second-order valence-electron chi connectivity index (χ2n) is 9.47. The van der Waals surface area contributed by atoms with Crippen molar-refractivity contribution in [1.82, 2.24) is 14.9 Å². The maximum absolute atomic E-state index is 13.5. The van der Waals surface area contributed by atoms with E-state index in [4.69, 9.17) is 4.98 Å². The molecular formula is C28H33N3O4. The van der Waals surface area contributed by atoms with E-state index in [0.29, 0.717) is 12.1 Å². The molecule has 2 heterocycles. The Morgan fingerprint density at radius 1 is 1.03 bits per heavy atom. The van der Waals surface area contributed by atoms with E-state index in [0.717, 1.165) is 27.9 Å². The van der Waals surface area contributed by atoms with E-state index in [1.54, 1.807) is 18.3 Å². The van der Waals surface area contributed by atoms with Gasteiger partial charge in [0.1, 0.15) is 6.04 Å². The van der Waals surface area contributed by atoms with Crippen molar-refractivity contribution in [3.8, 4) is 11.3 Å². The lowest BCUT2D eigenvalue weighted by Crippen LogP contribution is -2.40. The van der Waals surface area contributed by atoms with Gasteiger partial charge >= 0.3 is 5.97 Å². The van der Waals surface area contributed by atoms with Gasteiger partial charge in [-0.25, -0.2) is 0 Å². The number of aromatic nitrogens is 2. The van der Waals surface area contributed by atoms with Gasteiger partial charge in [-0.15, -0.1) is 0 Å². The van der Waals surface area contributed by atoms with Crippen molar-refractivity contribution in [1.29, 1.82) is 0 Å². The summed E-state index contributed by atoms with van der Waals surface area (Å²) in [6.45, 7) is 9.78. The normalized spacial score (nSPS) is 12.9. The van der Waals surface area contributed by atoms with Crippen molar-refractivity contribution >= 4 is 11.9 Å². The number of pyridine rings is 2. The monoisotopic (exact) mass is 475 g/mol. The van der Waals surface area contributed by atoms with Crippen molar-refractivity contribution in [2.75, 3.05) is 0 Å². The smallest absolute Gasteiger partial charge is 0.305 e. The summed E-state index contributed by atoms with van der Waals surface area (Å²) in [5, 5.41) is 12.5. The highest BCUT2D eigenvalue weighted by Gasteiger charge is 2.27. The van der Waals surface area contributed by atoms with E-state index in [9.17, 15) is 19.5 Å². The maximum atomic E-state index is 13.5. The summed E-state index contributed by atoms with van der Waals surface area (Å²) in [6, 6.07) is 13.1. The van der Waals surface area contributed by atoms with Crippen molar-refractivity contribution in [3.05, 3.63) is 87.5 Å². The zero-order valence-corrected chi connectivity index (χ0v) is 20.9. The molecule has 0 aliphatic rings. The van der Waals surface area contributed by atoms with Crippen LogP contribution in [0.1, 0.15) is 61.2 Å². The maximum Gasteiger partial charge on any atom is 0.305 e. The van der Waals surface area contributed by atoms with Crippen LogP contribution in [0.15, 0.2) is 59.5 Å². The van der Waals surface area contributed by atoms with Crippen LogP contribution in [-0.4, -0.2) is 26.5 Å². The summed E-state index contributed by atoms with van der Waals surface area (Å²) in [7, 11) is 0. The average molecular weight is 476 g/mol. The third-order valence-corrected chi connectivity index (χ3v) is 6.00. The Labute approximate surface area is 205 Å². The van der Waals surface area contributed by atoms with Gasteiger partial charge in [-0.2, -0.15) is 0 Å². The molecule has 1 amide bonds. The number of amides is 1. The molecule has 2 atom stereocenters. The van der Waals surface area contributed by atoms with Crippen LogP contribution in [0.4, 0.5) is 0 Å². The van der Waals surface area contributed by atoms with Gasteiger partial charge in [0.05, 0.1) is 23.9 Å². The van der Waals surface area contributed by atoms with Crippen LogP contribution in [0, 0.1) is 26.7 Å². The molecule has 0 spiro atoms. The molecule has 35 heavy (non-hydrogen) atoms. The van der Waals surface area contributed by atoms with Crippen molar-refractivity contribution < 1.29 is 14.7 Å². The molecule has 0 unspecified atom stereocenters. The van der Waals surface area contributed by atoms with Gasteiger partial charge in [0.25, 0.3) is 5.56 Å². The Kier molecular flexibility index (Phi) is 8.22. The second-order valence-corrected chi connectivity index (χ2v) is 9.47.